The minimum absolute atomic E-state index is 0.116. The number of hydrogen-bond acceptors (Lipinski definition) is 4. The number of rotatable bonds is 4. The van der Waals surface area contributed by atoms with Gasteiger partial charge >= 0.3 is 0 Å². The summed E-state index contributed by atoms with van der Waals surface area (Å²) in [4.78, 5) is 29.9. The van der Waals surface area contributed by atoms with Crippen LogP contribution in [-0.2, 0) is 11.3 Å². The Morgan fingerprint density at radius 1 is 1.19 bits per heavy atom. The van der Waals surface area contributed by atoms with E-state index in [-0.39, 0.29) is 23.2 Å². The lowest BCUT2D eigenvalue weighted by Crippen LogP contribution is -2.48. The molecule has 32 heavy (non-hydrogen) atoms. The molecule has 6 heteroatoms. The van der Waals surface area contributed by atoms with E-state index in [1.807, 2.05) is 30.3 Å². The van der Waals surface area contributed by atoms with Gasteiger partial charge in [-0.05, 0) is 104 Å². The number of carbonyl (C=O) groups is 2. The van der Waals surface area contributed by atoms with E-state index in [2.05, 4.69) is 67.6 Å². The molecule has 0 bridgehead atoms. The van der Waals surface area contributed by atoms with Crippen molar-refractivity contribution < 1.29 is 9.59 Å². The number of thioether (sulfide) groups is 1. The smallest absolute Gasteiger partial charge is 0.293 e. The maximum absolute atomic E-state index is 13.0. The van der Waals surface area contributed by atoms with Crippen LogP contribution in [0.4, 0.5) is 10.5 Å². The first-order chi connectivity index (χ1) is 15.1. The molecule has 4 nitrogen and oxygen atoms in total. The van der Waals surface area contributed by atoms with E-state index in [1.165, 1.54) is 16.2 Å². The van der Waals surface area contributed by atoms with Gasteiger partial charge in [0.15, 0.2) is 0 Å². The van der Waals surface area contributed by atoms with Gasteiger partial charge in [-0.1, -0.05) is 35.0 Å². The van der Waals surface area contributed by atoms with E-state index >= 15 is 0 Å². The zero-order valence-electron chi connectivity index (χ0n) is 19.2. The molecule has 0 radical (unpaired) electrons. The Bertz CT molecular complexity index is 1110. The number of benzene rings is 2. The molecule has 2 aromatic carbocycles. The van der Waals surface area contributed by atoms with Crippen molar-refractivity contribution in [3.8, 4) is 0 Å². The highest BCUT2D eigenvalue weighted by molar-refractivity contribution is 9.10. The van der Waals surface area contributed by atoms with Crippen LogP contribution < -0.4 is 4.90 Å². The van der Waals surface area contributed by atoms with E-state index in [1.54, 1.807) is 0 Å². The topological polar surface area (TPSA) is 40.6 Å². The van der Waals surface area contributed by atoms with Crippen LogP contribution in [0.5, 0.6) is 0 Å². The van der Waals surface area contributed by atoms with Gasteiger partial charge in [0.1, 0.15) is 0 Å². The molecule has 0 unspecified atom stereocenters. The molecule has 1 atom stereocenters. The molecule has 1 fully saturated rings. The molecule has 0 saturated carbocycles. The van der Waals surface area contributed by atoms with Crippen LogP contribution in [0.3, 0.4) is 0 Å². The van der Waals surface area contributed by atoms with Gasteiger partial charge < -0.3 is 4.90 Å². The van der Waals surface area contributed by atoms with Crippen molar-refractivity contribution in [2.45, 2.75) is 59.0 Å². The van der Waals surface area contributed by atoms with Crippen LogP contribution >= 0.6 is 27.7 Å². The standard InChI is InChI=1S/C26H29BrN2O2S/c1-6-29-22-11-16(2)19(12-21(22)17(3)14-26(29,4)5)13-23-24(30)28(25(31)32-23)15-18-7-9-20(27)10-8-18/h7-13,17H,6,14-15H2,1-5H3/b23-13-/t17-/m1/s1. The predicted octanol–water partition coefficient (Wildman–Crippen LogP) is 7.11. The zero-order chi connectivity index (χ0) is 23.2. The summed E-state index contributed by atoms with van der Waals surface area (Å²) in [6.07, 6.45) is 2.98. The number of nitrogens with zero attached hydrogens (tertiary/aromatic N) is 2. The van der Waals surface area contributed by atoms with Crippen molar-refractivity contribution in [3.63, 3.8) is 0 Å². The molecule has 2 heterocycles. The Labute approximate surface area is 203 Å². The Kier molecular flexibility index (Phi) is 6.29. The Morgan fingerprint density at radius 3 is 2.53 bits per heavy atom. The van der Waals surface area contributed by atoms with Crippen LogP contribution in [0.2, 0.25) is 0 Å². The molecular weight excluding hydrogens is 484 g/mol. The van der Waals surface area contributed by atoms with Crippen molar-refractivity contribution in [2.75, 3.05) is 11.4 Å². The number of hydrogen-bond donors (Lipinski definition) is 0. The molecule has 0 N–H and O–H groups in total. The number of halogens is 1. The Morgan fingerprint density at radius 2 is 1.88 bits per heavy atom. The van der Waals surface area contributed by atoms with E-state index in [0.29, 0.717) is 10.8 Å². The molecular formula is C26H29BrN2O2S. The quantitative estimate of drug-likeness (QED) is 0.409. The first kappa shape index (κ1) is 23.1. The third-order valence-electron chi connectivity index (χ3n) is 6.50. The lowest BCUT2D eigenvalue weighted by Gasteiger charge is -2.47. The molecule has 0 aromatic heterocycles. The fourth-order valence-electron chi connectivity index (χ4n) is 4.95. The number of imide groups is 1. The highest BCUT2D eigenvalue weighted by Crippen LogP contribution is 2.45. The van der Waals surface area contributed by atoms with E-state index < -0.39 is 0 Å². The van der Waals surface area contributed by atoms with Gasteiger partial charge in [0, 0.05) is 22.2 Å². The van der Waals surface area contributed by atoms with E-state index in [9.17, 15) is 9.59 Å². The highest BCUT2D eigenvalue weighted by Gasteiger charge is 2.37. The summed E-state index contributed by atoms with van der Waals surface area (Å²) >= 11 is 4.45. The Hall–Kier alpha value is -2.05. The number of fused-ring (bicyclic) bond motifs is 1. The normalized spacial score (nSPS) is 21.4. The second-order valence-electron chi connectivity index (χ2n) is 9.32. The molecule has 2 amide bonds. The fourth-order valence-corrected chi connectivity index (χ4v) is 6.05. The van der Waals surface area contributed by atoms with Crippen molar-refractivity contribution in [2.24, 2.45) is 0 Å². The van der Waals surface area contributed by atoms with Gasteiger partial charge in [-0.25, -0.2) is 0 Å². The average molecular weight is 514 g/mol. The van der Waals surface area contributed by atoms with Crippen LogP contribution in [0.15, 0.2) is 45.8 Å². The summed E-state index contributed by atoms with van der Waals surface area (Å²) in [5, 5.41) is -0.216. The second kappa shape index (κ2) is 8.71. The Balaban J connectivity index is 1.64. The number of carbonyl (C=O) groups excluding carboxylic acids is 2. The SMILES string of the molecule is CCN1c2cc(C)c(/C=C3\SC(=O)N(Cc4ccc(Br)cc4)C3=O)cc2[C@H](C)CC1(C)C. The molecule has 1 saturated heterocycles. The van der Waals surface area contributed by atoms with Crippen molar-refractivity contribution >= 4 is 50.6 Å². The summed E-state index contributed by atoms with van der Waals surface area (Å²) in [6, 6.07) is 12.1. The predicted molar refractivity (Wildman–Crippen MR) is 137 cm³/mol. The third kappa shape index (κ3) is 4.27. The molecule has 0 aliphatic carbocycles. The van der Waals surface area contributed by atoms with Gasteiger partial charge in [0.25, 0.3) is 11.1 Å². The second-order valence-corrected chi connectivity index (χ2v) is 11.2. The summed E-state index contributed by atoms with van der Waals surface area (Å²) < 4.78 is 0.970. The number of aryl methyl sites for hydroxylation is 1. The molecule has 2 aliphatic rings. The van der Waals surface area contributed by atoms with Gasteiger partial charge in [0.2, 0.25) is 0 Å². The van der Waals surface area contributed by atoms with Crippen LogP contribution in [0.1, 0.15) is 62.3 Å². The van der Waals surface area contributed by atoms with Crippen LogP contribution in [0.25, 0.3) is 6.08 Å². The molecule has 2 aliphatic heterocycles. The molecule has 2 aromatic rings. The number of anilines is 1. The van der Waals surface area contributed by atoms with E-state index in [0.717, 1.165) is 45.9 Å². The average Bonchev–Trinajstić information content (AvgIpc) is 2.98. The van der Waals surface area contributed by atoms with Gasteiger partial charge in [-0.2, -0.15) is 0 Å². The maximum Gasteiger partial charge on any atom is 0.293 e. The van der Waals surface area contributed by atoms with Crippen molar-refractivity contribution in [1.29, 1.82) is 0 Å². The van der Waals surface area contributed by atoms with Crippen molar-refractivity contribution in [1.82, 2.24) is 4.90 Å². The summed E-state index contributed by atoms with van der Waals surface area (Å²) in [6.45, 7) is 12.4. The van der Waals surface area contributed by atoms with Gasteiger partial charge in [-0.15, -0.1) is 0 Å². The monoisotopic (exact) mass is 512 g/mol. The van der Waals surface area contributed by atoms with Gasteiger partial charge in [0.05, 0.1) is 11.4 Å². The molecule has 168 valence electrons. The summed E-state index contributed by atoms with van der Waals surface area (Å²) in [7, 11) is 0. The van der Waals surface area contributed by atoms with Gasteiger partial charge in [-0.3, -0.25) is 14.5 Å². The minimum atomic E-state index is -0.218. The minimum Gasteiger partial charge on any atom is -0.366 e. The summed E-state index contributed by atoms with van der Waals surface area (Å²) in [5.74, 6) is 0.215. The van der Waals surface area contributed by atoms with Crippen LogP contribution in [0, 0.1) is 6.92 Å². The number of amides is 2. The zero-order valence-corrected chi connectivity index (χ0v) is 21.6. The lowest BCUT2D eigenvalue weighted by molar-refractivity contribution is -0.123. The molecule has 4 rings (SSSR count). The third-order valence-corrected chi connectivity index (χ3v) is 7.94. The summed E-state index contributed by atoms with van der Waals surface area (Å²) in [5.41, 5.74) is 5.78. The fraction of sp³-hybridized carbons (Fsp3) is 0.385. The first-order valence-electron chi connectivity index (χ1n) is 11.0. The lowest BCUT2D eigenvalue weighted by atomic mass is 9.79. The first-order valence-corrected chi connectivity index (χ1v) is 12.6. The van der Waals surface area contributed by atoms with E-state index in [4.69, 9.17) is 0 Å². The maximum atomic E-state index is 13.0. The molecule has 0 spiro atoms. The van der Waals surface area contributed by atoms with Crippen molar-refractivity contribution in [3.05, 3.63) is 68.0 Å². The largest absolute Gasteiger partial charge is 0.366 e. The van der Waals surface area contributed by atoms with Crippen LogP contribution in [-0.4, -0.2) is 28.1 Å². The highest BCUT2D eigenvalue weighted by atomic mass is 79.9.